The minimum atomic E-state index is -2.94. The largest absolute Gasteiger partial charge is 0.435 e. The summed E-state index contributed by atoms with van der Waals surface area (Å²) in [6.07, 6.45) is 0. The number of nitrogens with zero attached hydrogens (tertiary/aromatic N) is 1. The van der Waals surface area contributed by atoms with Crippen LogP contribution >= 0.6 is 11.6 Å². The number of rotatable bonds is 7. The number of amides is 1. The average Bonchev–Trinajstić information content (AvgIpc) is 2.70. The zero-order valence-corrected chi connectivity index (χ0v) is 15.9. The molecule has 0 aromatic heterocycles. The fourth-order valence-corrected chi connectivity index (χ4v) is 3.44. The Morgan fingerprint density at radius 2 is 1.93 bits per heavy atom. The maximum Gasteiger partial charge on any atom is 0.387 e. The van der Waals surface area contributed by atoms with Crippen molar-refractivity contribution in [3.8, 4) is 5.75 Å². The number of carbonyl (C=O) groups is 1. The van der Waals surface area contributed by atoms with Crippen molar-refractivity contribution in [1.29, 1.82) is 0 Å². The summed E-state index contributed by atoms with van der Waals surface area (Å²) in [5.74, 6) is -0.427. The lowest BCUT2D eigenvalue weighted by Crippen LogP contribution is -2.44. The summed E-state index contributed by atoms with van der Waals surface area (Å²) in [6, 6.07) is 13.1. The van der Waals surface area contributed by atoms with Crippen molar-refractivity contribution >= 4 is 17.5 Å². The van der Waals surface area contributed by atoms with Gasteiger partial charge < -0.3 is 14.8 Å². The van der Waals surface area contributed by atoms with Gasteiger partial charge in [-0.1, -0.05) is 35.9 Å². The summed E-state index contributed by atoms with van der Waals surface area (Å²) in [5.41, 5.74) is 1.17. The predicted octanol–water partition coefficient (Wildman–Crippen LogP) is 3.74. The van der Waals surface area contributed by atoms with E-state index in [1.165, 1.54) is 18.2 Å². The number of carbonyl (C=O) groups excluding carboxylic acids is 1. The minimum absolute atomic E-state index is 0.0570. The van der Waals surface area contributed by atoms with E-state index in [1.807, 2.05) is 24.3 Å². The molecule has 1 N–H and O–H groups in total. The third-order valence-electron chi connectivity index (χ3n) is 4.53. The molecule has 8 heteroatoms. The van der Waals surface area contributed by atoms with Crippen molar-refractivity contribution in [2.24, 2.45) is 0 Å². The lowest BCUT2D eigenvalue weighted by atomic mass is 10.0. The first-order valence-corrected chi connectivity index (χ1v) is 9.31. The molecule has 1 unspecified atom stereocenters. The highest BCUT2D eigenvalue weighted by atomic mass is 35.5. The van der Waals surface area contributed by atoms with Gasteiger partial charge in [-0.25, -0.2) is 0 Å². The summed E-state index contributed by atoms with van der Waals surface area (Å²) in [5, 5.41) is 3.51. The number of morpholine rings is 1. The molecule has 2 aromatic rings. The molecule has 0 spiro atoms. The number of alkyl halides is 2. The number of hydrogen-bond acceptors (Lipinski definition) is 4. The van der Waals surface area contributed by atoms with Crippen molar-refractivity contribution in [3.05, 3.63) is 64.7 Å². The van der Waals surface area contributed by atoms with Crippen LogP contribution in [0.3, 0.4) is 0 Å². The molecular formula is C20H21ClF2N2O3. The fourth-order valence-electron chi connectivity index (χ4n) is 3.18. The molecule has 1 atom stereocenters. The van der Waals surface area contributed by atoms with E-state index < -0.39 is 6.61 Å². The maximum absolute atomic E-state index is 12.6. The topological polar surface area (TPSA) is 50.8 Å². The van der Waals surface area contributed by atoms with Gasteiger partial charge in [0.05, 0.1) is 19.3 Å². The molecule has 5 nitrogen and oxygen atoms in total. The van der Waals surface area contributed by atoms with Crippen LogP contribution in [0.1, 0.15) is 22.0 Å². The monoisotopic (exact) mass is 410 g/mol. The molecule has 0 saturated carbocycles. The zero-order valence-electron chi connectivity index (χ0n) is 15.1. The molecule has 0 bridgehead atoms. The minimum Gasteiger partial charge on any atom is -0.435 e. The highest BCUT2D eigenvalue weighted by molar-refractivity contribution is 6.31. The first kappa shape index (κ1) is 20.5. The highest BCUT2D eigenvalue weighted by Gasteiger charge is 2.25. The predicted molar refractivity (Wildman–Crippen MR) is 102 cm³/mol. The van der Waals surface area contributed by atoms with Gasteiger partial charge in [0.25, 0.3) is 5.91 Å². The van der Waals surface area contributed by atoms with Gasteiger partial charge in [-0.15, -0.1) is 0 Å². The zero-order chi connectivity index (χ0) is 19.9. The molecule has 1 heterocycles. The Bertz CT molecular complexity index is 801. The summed E-state index contributed by atoms with van der Waals surface area (Å²) < 4.78 is 34.6. The summed E-state index contributed by atoms with van der Waals surface area (Å²) >= 11 is 6.38. The SMILES string of the molecule is O=C(NCC(c1ccccc1Cl)N1CCOCC1)c1cccc(OC(F)F)c1. The van der Waals surface area contributed by atoms with Crippen molar-refractivity contribution < 1.29 is 23.0 Å². The van der Waals surface area contributed by atoms with Crippen LogP contribution in [-0.2, 0) is 4.74 Å². The third-order valence-corrected chi connectivity index (χ3v) is 4.87. The second kappa shape index (κ2) is 9.82. The number of ether oxygens (including phenoxy) is 2. The first-order chi connectivity index (χ1) is 13.5. The molecule has 150 valence electrons. The van der Waals surface area contributed by atoms with Crippen LogP contribution in [0, 0.1) is 0 Å². The van der Waals surface area contributed by atoms with Crippen LogP contribution in [0.5, 0.6) is 5.75 Å². The number of nitrogens with one attached hydrogen (secondary N) is 1. The normalized spacial score (nSPS) is 16.0. The average molecular weight is 411 g/mol. The van der Waals surface area contributed by atoms with Crippen LogP contribution < -0.4 is 10.1 Å². The standard InChI is InChI=1S/C20H21ClF2N2O3/c21-17-7-2-1-6-16(17)18(25-8-10-27-11-9-25)13-24-19(26)14-4-3-5-15(12-14)28-20(22)23/h1-7,12,18,20H,8-11,13H2,(H,24,26). The summed E-state index contributed by atoms with van der Waals surface area (Å²) in [6.45, 7) is 0.0588. The van der Waals surface area contributed by atoms with Crippen LogP contribution in [0.2, 0.25) is 5.02 Å². The van der Waals surface area contributed by atoms with Crippen molar-refractivity contribution in [3.63, 3.8) is 0 Å². The van der Waals surface area contributed by atoms with E-state index in [2.05, 4.69) is 15.0 Å². The van der Waals surface area contributed by atoms with Gasteiger partial charge in [-0.2, -0.15) is 8.78 Å². The maximum atomic E-state index is 12.6. The smallest absolute Gasteiger partial charge is 0.387 e. The van der Waals surface area contributed by atoms with E-state index in [-0.39, 0.29) is 23.3 Å². The molecule has 0 aliphatic carbocycles. The fraction of sp³-hybridized carbons (Fsp3) is 0.350. The molecule has 3 rings (SSSR count). The van der Waals surface area contributed by atoms with Gasteiger partial charge in [0.2, 0.25) is 0 Å². The Morgan fingerprint density at radius 1 is 1.18 bits per heavy atom. The van der Waals surface area contributed by atoms with Crippen molar-refractivity contribution in [2.75, 3.05) is 32.8 Å². The van der Waals surface area contributed by atoms with Gasteiger partial charge in [0.15, 0.2) is 0 Å². The van der Waals surface area contributed by atoms with Crippen LogP contribution in [-0.4, -0.2) is 50.3 Å². The van der Waals surface area contributed by atoms with E-state index in [0.29, 0.717) is 24.8 Å². The van der Waals surface area contributed by atoms with Gasteiger partial charge in [-0.3, -0.25) is 9.69 Å². The van der Waals surface area contributed by atoms with E-state index in [4.69, 9.17) is 16.3 Å². The first-order valence-electron chi connectivity index (χ1n) is 8.94. The van der Waals surface area contributed by atoms with E-state index in [1.54, 1.807) is 6.07 Å². The van der Waals surface area contributed by atoms with Gasteiger partial charge in [0.1, 0.15) is 5.75 Å². The van der Waals surface area contributed by atoms with Crippen LogP contribution in [0.25, 0.3) is 0 Å². The molecule has 1 fully saturated rings. The molecule has 2 aromatic carbocycles. The quantitative estimate of drug-likeness (QED) is 0.755. The van der Waals surface area contributed by atoms with Gasteiger partial charge in [0, 0.05) is 30.2 Å². The molecule has 1 aliphatic rings. The Hall–Kier alpha value is -2.22. The van der Waals surface area contributed by atoms with Crippen LogP contribution in [0.4, 0.5) is 8.78 Å². The van der Waals surface area contributed by atoms with Crippen LogP contribution in [0.15, 0.2) is 48.5 Å². The molecule has 1 amide bonds. The second-order valence-electron chi connectivity index (χ2n) is 6.30. The Labute approximate surface area is 167 Å². The lowest BCUT2D eigenvalue weighted by Gasteiger charge is -2.35. The van der Waals surface area contributed by atoms with Gasteiger partial charge >= 0.3 is 6.61 Å². The molecule has 1 saturated heterocycles. The van der Waals surface area contributed by atoms with E-state index in [9.17, 15) is 13.6 Å². The lowest BCUT2D eigenvalue weighted by molar-refractivity contribution is -0.0498. The Morgan fingerprint density at radius 3 is 2.64 bits per heavy atom. The third kappa shape index (κ3) is 5.41. The second-order valence-corrected chi connectivity index (χ2v) is 6.71. The molecular weight excluding hydrogens is 390 g/mol. The van der Waals surface area contributed by atoms with E-state index >= 15 is 0 Å². The van der Waals surface area contributed by atoms with Crippen molar-refractivity contribution in [2.45, 2.75) is 12.7 Å². The number of halogens is 3. The summed E-state index contributed by atoms with van der Waals surface area (Å²) in [4.78, 5) is 14.8. The number of benzene rings is 2. The molecule has 0 radical (unpaired) electrons. The van der Waals surface area contributed by atoms with Gasteiger partial charge in [-0.05, 0) is 29.8 Å². The Balaban J connectivity index is 1.72. The number of hydrogen-bond donors (Lipinski definition) is 1. The summed E-state index contributed by atoms with van der Waals surface area (Å²) in [7, 11) is 0. The Kier molecular flexibility index (Phi) is 7.19. The molecule has 28 heavy (non-hydrogen) atoms. The highest BCUT2D eigenvalue weighted by Crippen LogP contribution is 2.28. The van der Waals surface area contributed by atoms with E-state index in [0.717, 1.165) is 18.7 Å². The van der Waals surface area contributed by atoms with Crippen molar-refractivity contribution in [1.82, 2.24) is 10.2 Å². The molecule has 1 aliphatic heterocycles.